The van der Waals surface area contributed by atoms with Gasteiger partial charge in [0.2, 0.25) is 0 Å². The molecule has 0 N–H and O–H groups in total. The highest BCUT2D eigenvalue weighted by Crippen LogP contribution is 2.45. The number of hydrogen-bond donors (Lipinski definition) is 0. The molecular formula is C15H33P. The van der Waals surface area contributed by atoms with Crippen LogP contribution in [0.25, 0.3) is 0 Å². The van der Waals surface area contributed by atoms with Gasteiger partial charge in [0.1, 0.15) is 0 Å². The minimum atomic E-state index is 0.443. The van der Waals surface area contributed by atoms with Gasteiger partial charge < -0.3 is 0 Å². The molecular weight excluding hydrogens is 211 g/mol. The first-order chi connectivity index (χ1) is 7.29. The van der Waals surface area contributed by atoms with E-state index < -0.39 is 0 Å². The van der Waals surface area contributed by atoms with Crippen molar-refractivity contribution < 1.29 is 0 Å². The lowest BCUT2D eigenvalue weighted by molar-refractivity contribution is 0.229. The fraction of sp³-hybridized carbons (Fsp3) is 1.00. The Balaban J connectivity index is 4.71. The zero-order valence-electron chi connectivity index (χ0n) is 12.4. The van der Waals surface area contributed by atoms with Crippen LogP contribution in [0.4, 0.5) is 0 Å². The Kier molecular flexibility index (Phi) is 7.18. The summed E-state index contributed by atoms with van der Waals surface area (Å²) in [5.74, 6) is 0.864. The van der Waals surface area contributed by atoms with Gasteiger partial charge in [-0.3, -0.25) is 0 Å². The molecule has 0 saturated carbocycles. The van der Waals surface area contributed by atoms with Crippen LogP contribution < -0.4 is 0 Å². The predicted octanol–water partition coefficient (Wildman–Crippen LogP) is 5.66. The lowest BCUT2D eigenvalue weighted by atomic mass is 9.73. The highest BCUT2D eigenvalue weighted by Gasteiger charge is 2.35. The smallest absolute Gasteiger partial charge is 0.0117 e. The van der Waals surface area contributed by atoms with Gasteiger partial charge in [-0.15, -0.1) is 9.24 Å². The molecule has 98 valence electrons. The highest BCUT2D eigenvalue weighted by atomic mass is 31.0. The summed E-state index contributed by atoms with van der Waals surface area (Å²) in [6, 6.07) is 0. The molecule has 0 saturated heterocycles. The third kappa shape index (κ3) is 5.67. The second kappa shape index (κ2) is 7.00. The molecule has 16 heavy (non-hydrogen) atoms. The van der Waals surface area contributed by atoms with Crippen LogP contribution in [0.2, 0.25) is 0 Å². The minimum Gasteiger partial charge on any atom is -0.131 e. The summed E-state index contributed by atoms with van der Waals surface area (Å²) in [7, 11) is 3.23. The van der Waals surface area contributed by atoms with Crippen LogP contribution in [-0.4, -0.2) is 5.16 Å². The number of hydrogen-bond acceptors (Lipinski definition) is 0. The summed E-state index contributed by atoms with van der Waals surface area (Å²) < 4.78 is 0. The Bertz CT molecular complexity index is 176. The van der Waals surface area contributed by atoms with Crippen molar-refractivity contribution in [2.45, 2.75) is 85.2 Å². The molecule has 0 aromatic rings. The molecule has 0 nitrogen and oxygen atoms in total. The summed E-state index contributed by atoms with van der Waals surface area (Å²) in [5.41, 5.74) is 0.443. The molecule has 1 heteroatoms. The van der Waals surface area contributed by atoms with Crippen molar-refractivity contribution in [2.24, 2.45) is 11.3 Å². The van der Waals surface area contributed by atoms with E-state index in [4.69, 9.17) is 0 Å². The van der Waals surface area contributed by atoms with Crippen LogP contribution in [0.1, 0.15) is 80.1 Å². The Labute approximate surface area is 106 Å². The average Bonchev–Trinajstić information content (AvgIpc) is 2.14. The fourth-order valence-corrected chi connectivity index (χ4v) is 4.32. The Morgan fingerprint density at radius 3 is 1.81 bits per heavy atom. The molecule has 0 heterocycles. The predicted molar refractivity (Wildman–Crippen MR) is 80.1 cm³/mol. The van der Waals surface area contributed by atoms with Crippen molar-refractivity contribution in [1.82, 2.24) is 0 Å². The summed E-state index contributed by atoms with van der Waals surface area (Å²) >= 11 is 0. The van der Waals surface area contributed by atoms with Gasteiger partial charge in [0.25, 0.3) is 0 Å². The van der Waals surface area contributed by atoms with Crippen LogP contribution in [0.5, 0.6) is 0 Å². The highest BCUT2D eigenvalue weighted by molar-refractivity contribution is 7.19. The third-order valence-electron chi connectivity index (χ3n) is 3.65. The van der Waals surface area contributed by atoms with Crippen LogP contribution in [0.15, 0.2) is 0 Å². The van der Waals surface area contributed by atoms with Gasteiger partial charge in [-0.1, -0.05) is 67.2 Å². The summed E-state index contributed by atoms with van der Waals surface area (Å²) in [5, 5.41) is 0.470. The molecule has 0 amide bonds. The first-order valence-corrected chi connectivity index (χ1v) is 7.65. The maximum atomic E-state index is 3.23. The lowest BCUT2D eigenvalue weighted by Crippen LogP contribution is -2.35. The van der Waals surface area contributed by atoms with E-state index in [1.807, 2.05) is 0 Å². The maximum absolute atomic E-state index is 3.23. The molecule has 0 bridgehead atoms. The van der Waals surface area contributed by atoms with Crippen molar-refractivity contribution in [3.05, 3.63) is 0 Å². The third-order valence-corrected chi connectivity index (χ3v) is 4.62. The summed E-state index contributed by atoms with van der Waals surface area (Å²) in [4.78, 5) is 0. The van der Waals surface area contributed by atoms with Gasteiger partial charge in [0.15, 0.2) is 0 Å². The molecule has 0 aromatic heterocycles. The fourth-order valence-electron chi connectivity index (χ4n) is 3.03. The normalized spacial score (nSPS) is 16.5. The zero-order chi connectivity index (χ0) is 12.8. The quantitative estimate of drug-likeness (QED) is 0.507. The van der Waals surface area contributed by atoms with Gasteiger partial charge >= 0.3 is 0 Å². The SMILES string of the molecule is CCCCC(P)(CC(C)(C)C)C(CC)CC. The average molecular weight is 244 g/mol. The standard InChI is InChI=1S/C15H33P/c1-7-10-11-15(16,12-14(4,5)6)13(8-2)9-3/h13H,7-12,16H2,1-6H3. The first-order valence-electron chi connectivity index (χ1n) is 7.08. The monoisotopic (exact) mass is 244 g/mol. The molecule has 0 aromatic carbocycles. The molecule has 0 aliphatic rings. The van der Waals surface area contributed by atoms with E-state index in [0.717, 1.165) is 5.92 Å². The molecule has 0 fully saturated rings. The molecule has 0 radical (unpaired) electrons. The first kappa shape index (κ1) is 16.4. The molecule has 2 atom stereocenters. The van der Waals surface area contributed by atoms with E-state index in [1.54, 1.807) is 0 Å². The van der Waals surface area contributed by atoms with Crippen LogP contribution in [0, 0.1) is 11.3 Å². The van der Waals surface area contributed by atoms with Gasteiger partial charge in [0.05, 0.1) is 0 Å². The van der Waals surface area contributed by atoms with Crippen molar-refractivity contribution >= 4 is 9.24 Å². The van der Waals surface area contributed by atoms with Crippen molar-refractivity contribution in [3.8, 4) is 0 Å². The molecule has 0 aliphatic carbocycles. The van der Waals surface area contributed by atoms with Gasteiger partial charge in [-0.05, 0) is 29.3 Å². The van der Waals surface area contributed by atoms with E-state index in [-0.39, 0.29) is 0 Å². The van der Waals surface area contributed by atoms with E-state index in [2.05, 4.69) is 50.8 Å². The Hall–Kier alpha value is 0.430. The molecule has 0 spiro atoms. The van der Waals surface area contributed by atoms with Gasteiger partial charge in [-0.2, -0.15) is 0 Å². The van der Waals surface area contributed by atoms with Crippen LogP contribution in [0.3, 0.4) is 0 Å². The van der Waals surface area contributed by atoms with Crippen LogP contribution in [-0.2, 0) is 0 Å². The van der Waals surface area contributed by atoms with Crippen LogP contribution >= 0.6 is 9.24 Å². The molecule has 0 aliphatic heterocycles. The number of unbranched alkanes of at least 4 members (excludes halogenated alkanes) is 1. The van der Waals surface area contributed by atoms with Crippen molar-refractivity contribution in [2.75, 3.05) is 0 Å². The Morgan fingerprint density at radius 2 is 1.50 bits per heavy atom. The van der Waals surface area contributed by atoms with E-state index in [1.165, 1.54) is 38.5 Å². The summed E-state index contributed by atoms with van der Waals surface area (Å²) in [6.45, 7) is 14.1. The molecule has 2 unspecified atom stereocenters. The van der Waals surface area contributed by atoms with Crippen molar-refractivity contribution in [1.29, 1.82) is 0 Å². The van der Waals surface area contributed by atoms with Gasteiger partial charge in [0, 0.05) is 0 Å². The van der Waals surface area contributed by atoms with Crippen molar-refractivity contribution in [3.63, 3.8) is 0 Å². The van der Waals surface area contributed by atoms with Gasteiger partial charge in [-0.25, -0.2) is 0 Å². The second-order valence-electron chi connectivity index (χ2n) is 6.59. The second-order valence-corrected chi connectivity index (χ2v) is 7.74. The zero-order valence-corrected chi connectivity index (χ0v) is 13.6. The molecule has 0 rings (SSSR count). The summed E-state index contributed by atoms with van der Waals surface area (Å²) in [6.07, 6.45) is 8.03. The lowest BCUT2D eigenvalue weighted by Gasteiger charge is -2.41. The maximum Gasteiger partial charge on any atom is -0.0117 e. The minimum absolute atomic E-state index is 0.443. The van der Waals surface area contributed by atoms with E-state index >= 15 is 0 Å². The largest absolute Gasteiger partial charge is 0.131 e. The topological polar surface area (TPSA) is 0 Å². The van der Waals surface area contributed by atoms with E-state index in [0.29, 0.717) is 10.6 Å². The van der Waals surface area contributed by atoms with E-state index in [9.17, 15) is 0 Å². The number of rotatable bonds is 7. The Morgan fingerprint density at radius 1 is 1.00 bits per heavy atom.